The third-order valence-corrected chi connectivity index (χ3v) is 11.2. The lowest BCUT2D eigenvalue weighted by atomic mass is 9.90. The van der Waals surface area contributed by atoms with E-state index in [0.29, 0.717) is 42.6 Å². The number of hydrogen-bond acceptors (Lipinski definition) is 12. The lowest BCUT2D eigenvalue weighted by Crippen LogP contribution is -2.39. The van der Waals surface area contributed by atoms with Crippen LogP contribution in [0.3, 0.4) is 0 Å². The topological polar surface area (TPSA) is 226 Å². The molecule has 63 heavy (non-hydrogen) atoms. The van der Waals surface area contributed by atoms with Crippen LogP contribution >= 0.6 is 0 Å². The van der Waals surface area contributed by atoms with Crippen molar-refractivity contribution in [3.63, 3.8) is 0 Å². The van der Waals surface area contributed by atoms with Crippen LogP contribution in [0.1, 0.15) is 122 Å². The minimum atomic E-state index is -0.833. The van der Waals surface area contributed by atoms with Crippen LogP contribution in [-0.4, -0.2) is 102 Å². The number of esters is 1. The number of nitrogens with two attached hydrogens (primary N) is 1. The monoisotopic (exact) mass is 866 g/mol. The molecule has 5 aromatic rings. The Morgan fingerprint density at radius 2 is 1.43 bits per heavy atom. The number of ketones is 3. The Morgan fingerprint density at radius 3 is 1.95 bits per heavy atom. The average molecular weight is 867 g/mol. The number of Topliss-reactive ketones (excluding diaryl/α,β-unsaturated/α-hetero) is 3. The first-order chi connectivity index (χ1) is 30.0. The summed E-state index contributed by atoms with van der Waals surface area (Å²) in [5, 5.41) is 17.7. The molecule has 2 aromatic carbocycles. The standard InChI is InChI=1S/C21H24N4O2.C17H22N4O.C7H12O3.C2H4O2/c1-14-15(2)22-20-12-17(23-25(20)21(14)27)18-10-6-7-11-24(18)13-19(26)16-8-4-3-5-9-16;1-12-7-8-21(11-16(22)13-5-3-2-4-6-13)15(9-12)14-10-17(18)20-19-14;1-4-10-7(9)5(2)6(3)8;1-2(3)4/h3-5,8-9,12,18,23H,6-7,10-11,13H2,1-2H3;2-6,10,12,15H,7-9,11H2,1H3,(H3,18,19,20);5H,4H2,1-3H3;1H3,(H,3,4). The van der Waals surface area contributed by atoms with Gasteiger partial charge in [-0.25, -0.2) is 9.50 Å². The maximum Gasteiger partial charge on any atom is 0.316 e. The van der Waals surface area contributed by atoms with Crippen molar-refractivity contribution < 1.29 is 33.8 Å². The summed E-state index contributed by atoms with van der Waals surface area (Å²) in [6, 6.07) is 23.0. The van der Waals surface area contributed by atoms with Gasteiger partial charge in [-0.1, -0.05) is 74.0 Å². The molecule has 16 heteroatoms. The summed E-state index contributed by atoms with van der Waals surface area (Å²) in [5.74, 6) is -0.609. The van der Waals surface area contributed by atoms with E-state index in [1.807, 2.05) is 79.7 Å². The Bertz CT molecular complexity index is 2350. The third kappa shape index (κ3) is 14.4. The van der Waals surface area contributed by atoms with E-state index in [0.717, 1.165) is 80.3 Å². The highest BCUT2D eigenvalue weighted by atomic mass is 16.5. The molecule has 7 rings (SSSR count). The number of aromatic amines is 2. The normalized spacial score (nSPS) is 18.0. The molecule has 4 unspecified atom stereocenters. The van der Waals surface area contributed by atoms with Gasteiger partial charge in [0, 0.05) is 41.4 Å². The van der Waals surface area contributed by atoms with E-state index in [4.69, 9.17) is 15.6 Å². The molecule has 2 fully saturated rings. The first-order valence-corrected chi connectivity index (χ1v) is 21.4. The smallest absolute Gasteiger partial charge is 0.316 e. The van der Waals surface area contributed by atoms with E-state index >= 15 is 0 Å². The van der Waals surface area contributed by atoms with Gasteiger partial charge in [-0.3, -0.25) is 48.8 Å². The van der Waals surface area contributed by atoms with Crippen molar-refractivity contribution in [3.8, 4) is 0 Å². The molecule has 0 amide bonds. The quantitative estimate of drug-likeness (QED) is 0.0628. The van der Waals surface area contributed by atoms with Crippen LogP contribution in [0, 0.1) is 25.7 Å². The van der Waals surface area contributed by atoms with E-state index in [1.165, 1.54) is 11.4 Å². The number of nitrogens with zero attached hydrogens (tertiary/aromatic N) is 5. The Labute approximate surface area is 368 Å². The number of H-pyrrole nitrogens is 2. The van der Waals surface area contributed by atoms with Crippen molar-refractivity contribution in [2.75, 3.05) is 38.5 Å². The number of likely N-dealkylation sites (tertiary alicyclic amines) is 2. The predicted molar refractivity (Wildman–Crippen MR) is 240 cm³/mol. The fourth-order valence-electron chi connectivity index (χ4n) is 7.40. The summed E-state index contributed by atoms with van der Waals surface area (Å²) >= 11 is 0. The zero-order valence-corrected chi connectivity index (χ0v) is 37.4. The minimum absolute atomic E-state index is 0.0635. The highest BCUT2D eigenvalue weighted by Crippen LogP contribution is 2.34. The maximum absolute atomic E-state index is 12.7. The van der Waals surface area contributed by atoms with E-state index in [2.05, 4.69) is 41.7 Å². The van der Waals surface area contributed by atoms with Crippen molar-refractivity contribution in [1.82, 2.24) is 34.6 Å². The number of nitrogens with one attached hydrogen (secondary N) is 2. The van der Waals surface area contributed by atoms with E-state index in [9.17, 15) is 24.0 Å². The Hall–Kier alpha value is -6.26. The number of ether oxygens (including phenoxy) is 1. The SMILES string of the molecule is CC(=O)O.CC1CCN(CC(=O)c2ccccc2)C(c2cc(N)n[nH]2)C1.CCOC(=O)C(C)C(C)=O.Cc1nc2cc(C3CCCCN3CC(=O)c3ccccc3)[nH]n2c(=O)c1C. The number of piperidine rings is 2. The van der Waals surface area contributed by atoms with E-state index < -0.39 is 17.9 Å². The molecule has 5 heterocycles. The van der Waals surface area contributed by atoms with Gasteiger partial charge in [-0.05, 0) is 79.3 Å². The number of aromatic nitrogens is 5. The van der Waals surface area contributed by atoms with E-state index in [-0.39, 0.29) is 35.0 Å². The summed E-state index contributed by atoms with van der Waals surface area (Å²) in [6.45, 7) is 14.6. The van der Waals surface area contributed by atoms with E-state index in [1.54, 1.807) is 20.8 Å². The molecule has 0 spiro atoms. The van der Waals surface area contributed by atoms with Crippen LogP contribution in [0.2, 0.25) is 0 Å². The average Bonchev–Trinajstić information content (AvgIpc) is 3.90. The molecular weight excluding hydrogens is 805 g/mol. The number of fused-ring (bicyclic) bond motifs is 1. The van der Waals surface area contributed by atoms with Crippen molar-refractivity contribution >= 4 is 40.8 Å². The van der Waals surface area contributed by atoms with Crippen LogP contribution < -0.4 is 11.3 Å². The molecule has 0 aliphatic carbocycles. The predicted octanol–water partition coefficient (Wildman–Crippen LogP) is 6.56. The number of aliphatic carboxylic acids is 1. The van der Waals surface area contributed by atoms with Gasteiger partial charge >= 0.3 is 5.97 Å². The number of rotatable bonds is 11. The fourth-order valence-corrected chi connectivity index (χ4v) is 7.40. The van der Waals surface area contributed by atoms with Crippen LogP contribution in [0.25, 0.3) is 5.65 Å². The van der Waals surface area contributed by atoms with Gasteiger partial charge in [0.15, 0.2) is 17.2 Å². The second-order valence-corrected chi connectivity index (χ2v) is 16.1. The van der Waals surface area contributed by atoms with Crippen LogP contribution in [0.5, 0.6) is 0 Å². The molecule has 16 nitrogen and oxygen atoms in total. The minimum Gasteiger partial charge on any atom is -0.481 e. The molecule has 2 aliphatic heterocycles. The lowest BCUT2D eigenvalue weighted by Gasteiger charge is -2.37. The van der Waals surface area contributed by atoms with Gasteiger partial charge < -0.3 is 15.6 Å². The number of carbonyl (C=O) groups is 5. The number of carbonyl (C=O) groups excluding carboxylic acids is 4. The molecular formula is C47H62N8O8. The zero-order valence-electron chi connectivity index (χ0n) is 37.4. The summed E-state index contributed by atoms with van der Waals surface area (Å²) < 4.78 is 6.12. The first kappa shape index (κ1) is 49.4. The second-order valence-electron chi connectivity index (χ2n) is 16.1. The molecule has 2 saturated heterocycles. The second kappa shape index (κ2) is 23.8. The number of carboxylic acids is 1. The van der Waals surface area contributed by atoms with Gasteiger partial charge in [0.2, 0.25) is 0 Å². The fraction of sp³-hybridized carbons (Fsp3) is 0.447. The molecule has 3 aromatic heterocycles. The first-order valence-electron chi connectivity index (χ1n) is 21.4. The van der Waals surface area contributed by atoms with Gasteiger partial charge in [0.25, 0.3) is 11.5 Å². The maximum atomic E-state index is 12.7. The lowest BCUT2D eigenvalue weighted by molar-refractivity contribution is -0.150. The number of nitrogen functional groups attached to an aromatic ring is 1. The Balaban J connectivity index is 0.000000216. The third-order valence-electron chi connectivity index (χ3n) is 11.2. The molecule has 0 radical (unpaired) electrons. The van der Waals surface area contributed by atoms with Crippen LogP contribution in [0.15, 0.2) is 77.6 Å². The molecule has 4 atom stereocenters. The van der Waals surface area contributed by atoms with Gasteiger partial charge in [-0.2, -0.15) is 5.10 Å². The van der Waals surface area contributed by atoms with Crippen molar-refractivity contribution in [2.24, 2.45) is 11.8 Å². The van der Waals surface area contributed by atoms with Crippen LogP contribution in [-0.2, 0) is 19.1 Å². The van der Waals surface area contributed by atoms with Crippen LogP contribution in [0.4, 0.5) is 5.82 Å². The summed E-state index contributed by atoms with van der Waals surface area (Å²) in [6.07, 6.45) is 5.28. The number of carboxylic acid groups (broad SMARTS) is 1. The summed E-state index contributed by atoms with van der Waals surface area (Å²) in [4.78, 5) is 77.0. The summed E-state index contributed by atoms with van der Waals surface area (Å²) in [7, 11) is 0. The number of benzene rings is 2. The Kier molecular flexibility index (Phi) is 18.7. The summed E-state index contributed by atoms with van der Waals surface area (Å²) in [5.41, 5.74) is 11.2. The van der Waals surface area contributed by atoms with Gasteiger partial charge in [0.05, 0.1) is 43.2 Å². The van der Waals surface area contributed by atoms with Crippen molar-refractivity contribution in [1.29, 1.82) is 0 Å². The number of hydrogen-bond donors (Lipinski definition) is 4. The molecule has 5 N–H and O–H groups in total. The van der Waals surface area contributed by atoms with Crippen molar-refractivity contribution in [2.45, 2.75) is 92.7 Å². The number of aryl methyl sites for hydroxylation is 1. The Morgan fingerprint density at radius 1 is 0.857 bits per heavy atom. The largest absolute Gasteiger partial charge is 0.481 e. The molecule has 0 saturated carbocycles. The highest BCUT2D eigenvalue weighted by Gasteiger charge is 2.31. The molecule has 338 valence electrons. The highest BCUT2D eigenvalue weighted by molar-refractivity contribution is 5.98. The van der Waals surface area contributed by atoms with Gasteiger partial charge in [0.1, 0.15) is 17.5 Å². The molecule has 0 bridgehead atoms. The zero-order chi connectivity index (χ0) is 46.2. The van der Waals surface area contributed by atoms with Gasteiger partial charge in [-0.15, -0.1) is 0 Å². The van der Waals surface area contributed by atoms with Crippen molar-refractivity contribution in [3.05, 3.63) is 117 Å². The number of anilines is 1. The molecule has 2 aliphatic rings.